The number of carboxylic acids is 1. The summed E-state index contributed by atoms with van der Waals surface area (Å²) in [5, 5.41) is 9.78. The number of aliphatic carboxylic acids is 1. The number of carbonyl (C=O) groups is 1. The molecule has 0 aromatic rings. The van der Waals surface area contributed by atoms with Crippen molar-refractivity contribution in [3.8, 4) is 0 Å². The molecule has 4 unspecified atom stereocenters. The van der Waals surface area contributed by atoms with E-state index in [1.807, 2.05) is 0 Å². The summed E-state index contributed by atoms with van der Waals surface area (Å²) in [6.45, 7) is 9.38. The van der Waals surface area contributed by atoms with Crippen LogP contribution >= 0.6 is 0 Å². The Hall–Kier alpha value is -0.610. The summed E-state index contributed by atoms with van der Waals surface area (Å²) < 4.78 is 0. The van der Waals surface area contributed by atoms with Crippen molar-refractivity contribution in [3.63, 3.8) is 0 Å². The summed E-state index contributed by atoms with van der Waals surface area (Å²) >= 11 is 0. The quantitative estimate of drug-likeness (QED) is 0.862. The maximum Gasteiger partial charge on any atom is 0.310 e. The minimum absolute atomic E-state index is 0.505. The summed E-state index contributed by atoms with van der Waals surface area (Å²) in [5.41, 5.74) is -0.507. The van der Waals surface area contributed by atoms with Crippen molar-refractivity contribution in [2.24, 2.45) is 11.3 Å². The topological polar surface area (TPSA) is 43.8 Å². The van der Waals surface area contributed by atoms with E-state index in [0.717, 1.165) is 38.9 Å². The molecular formula is C16H30N2O2. The lowest BCUT2D eigenvalue weighted by Gasteiger charge is -2.46. The minimum atomic E-state index is -0.580. The highest BCUT2D eigenvalue weighted by molar-refractivity contribution is 5.75. The van der Waals surface area contributed by atoms with E-state index in [2.05, 4.69) is 37.6 Å². The van der Waals surface area contributed by atoms with E-state index < -0.39 is 11.4 Å². The number of likely N-dealkylation sites (N-methyl/N-ethyl adjacent to an activating group) is 1. The molecule has 4 heteroatoms. The highest BCUT2D eigenvalue weighted by atomic mass is 16.4. The van der Waals surface area contributed by atoms with Gasteiger partial charge in [0.2, 0.25) is 0 Å². The van der Waals surface area contributed by atoms with Crippen LogP contribution in [0.15, 0.2) is 0 Å². The van der Waals surface area contributed by atoms with Crippen LogP contribution in [0.4, 0.5) is 0 Å². The molecule has 1 N–H and O–H groups in total. The molecule has 1 aliphatic heterocycles. The van der Waals surface area contributed by atoms with Gasteiger partial charge >= 0.3 is 5.97 Å². The SMILES string of the molecule is CC1CCCC(CN2CC(C)N(C)C(C)C2)(C(=O)O)C1. The van der Waals surface area contributed by atoms with E-state index in [1.54, 1.807) is 0 Å². The second-order valence-electron chi connectivity index (χ2n) is 7.34. The Balaban J connectivity index is 2.07. The molecule has 4 atom stereocenters. The third kappa shape index (κ3) is 3.17. The molecule has 1 saturated heterocycles. The number of piperazine rings is 1. The van der Waals surface area contributed by atoms with Crippen LogP contribution in [-0.2, 0) is 4.79 Å². The lowest BCUT2D eigenvalue weighted by molar-refractivity contribution is -0.154. The van der Waals surface area contributed by atoms with Crippen molar-refractivity contribution < 1.29 is 9.90 Å². The Kier molecular flexibility index (Phi) is 4.75. The summed E-state index contributed by atoms with van der Waals surface area (Å²) in [5.74, 6) is -0.0366. The Bertz CT molecular complexity index is 348. The number of hydrogen-bond donors (Lipinski definition) is 1. The average Bonchev–Trinajstić information content (AvgIpc) is 2.35. The van der Waals surface area contributed by atoms with Crippen molar-refractivity contribution in [2.45, 2.75) is 58.5 Å². The fourth-order valence-corrected chi connectivity index (χ4v) is 4.14. The zero-order valence-electron chi connectivity index (χ0n) is 13.4. The zero-order chi connectivity index (χ0) is 14.9. The number of rotatable bonds is 3. The molecule has 0 amide bonds. The Labute approximate surface area is 123 Å². The molecule has 2 fully saturated rings. The smallest absolute Gasteiger partial charge is 0.310 e. The van der Waals surface area contributed by atoms with Crippen molar-refractivity contribution in [1.29, 1.82) is 0 Å². The maximum atomic E-state index is 11.9. The van der Waals surface area contributed by atoms with Crippen LogP contribution in [-0.4, -0.2) is 59.6 Å². The van der Waals surface area contributed by atoms with Gasteiger partial charge in [0.15, 0.2) is 0 Å². The fraction of sp³-hybridized carbons (Fsp3) is 0.938. The fourth-order valence-electron chi connectivity index (χ4n) is 4.14. The summed E-state index contributed by atoms with van der Waals surface area (Å²) in [6.07, 6.45) is 3.94. The van der Waals surface area contributed by atoms with Crippen molar-refractivity contribution >= 4 is 5.97 Å². The first kappa shape index (κ1) is 15.8. The van der Waals surface area contributed by atoms with Gasteiger partial charge in [-0.25, -0.2) is 0 Å². The number of hydrogen-bond acceptors (Lipinski definition) is 3. The van der Waals surface area contributed by atoms with E-state index in [-0.39, 0.29) is 0 Å². The number of carboxylic acid groups (broad SMARTS) is 1. The Morgan fingerprint density at radius 1 is 1.25 bits per heavy atom. The van der Waals surface area contributed by atoms with Crippen LogP contribution in [0.5, 0.6) is 0 Å². The lowest BCUT2D eigenvalue weighted by atomic mass is 9.69. The average molecular weight is 282 g/mol. The van der Waals surface area contributed by atoms with Gasteiger partial charge in [-0.05, 0) is 39.7 Å². The van der Waals surface area contributed by atoms with Crippen LogP contribution in [0.1, 0.15) is 46.5 Å². The molecule has 0 radical (unpaired) electrons. The largest absolute Gasteiger partial charge is 0.481 e. The monoisotopic (exact) mass is 282 g/mol. The third-order valence-corrected chi connectivity index (χ3v) is 5.51. The molecule has 2 aliphatic rings. The van der Waals surface area contributed by atoms with Crippen molar-refractivity contribution in [2.75, 3.05) is 26.7 Å². The molecule has 20 heavy (non-hydrogen) atoms. The molecule has 1 aliphatic carbocycles. The van der Waals surface area contributed by atoms with Gasteiger partial charge in [0.05, 0.1) is 5.41 Å². The molecule has 116 valence electrons. The van der Waals surface area contributed by atoms with E-state index in [4.69, 9.17) is 0 Å². The first-order chi connectivity index (χ1) is 9.34. The van der Waals surface area contributed by atoms with Crippen molar-refractivity contribution in [1.82, 2.24) is 9.80 Å². The highest BCUT2D eigenvalue weighted by Crippen LogP contribution is 2.40. The van der Waals surface area contributed by atoms with Gasteiger partial charge in [-0.15, -0.1) is 0 Å². The van der Waals surface area contributed by atoms with E-state index >= 15 is 0 Å². The molecule has 0 spiro atoms. The second kappa shape index (κ2) is 6.02. The zero-order valence-corrected chi connectivity index (χ0v) is 13.4. The third-order valence-electron chi connectivity index (χ3n) is 5.51. The first-order valence-corrected chi connectivity index (χ1v) is 8.02. The van der Waals surface area contributed by atoms with Crippen LogP contribution in [0, 0.1) is 11.3 Å². The van der Waals surface area contributed by atoms with Crippen LogP contribution in [0.2, 0.25) is 0 Å². The summed E-state index contributed by atoms with van der Waals surface area (Å²) in [4.78, 5) is 16.7. The van der Waals surface area contributed by atoms with E-state index in [1.165, 1.54) is 6.42 Å². The van der Waals surface area contributed by atoms with Gasteiger partial charge in [0.25, 0.3) is 0 Å². The van der Waals surface area contributed by atoms with Gasteiger partial charge in [0, 0.05) is 31.7 Å². The van der Waals surface area contributed by atoms with Crippen molar-refractivity contribution in [3.05, 3.63) is 0 Å². The molecule has 1 heterocycles. The standard InChI is InChI=1S/C16H30N2O2/c1-12-6-5-7-16(8-12,15(19)20)11-18-9-13(2)17(4)14(3)10-18/h12-14H,5-11H2,1-4H3,(H,19,20). The molecule has 0 bridgehead atoms. The second-order valence-corrected chi connectivity index (χ2v) is 7.34. The summed E-state index contributed by atoms with van der Waals surface area (Å²) in [6, 6.07) is 1.01. The molecule has 4 nitrogen and oxygen atoms in total. The Morgan fingerprint density at radius 3 is 2.35 bits per heavy atom. The predicted molar refractivity (Wildman–Crippen MR) is 80.8 cm³/mol. The molecular weight excluding hydrogens is 252 g/mol. The van der Waals surface area contributed by atoms with Crippen LogP contribution in [0.25, 0.3) is 0 Å². The van der Waals surface area contributed by atoms with Gasteiger partial charge in [-0.2, -0.15) is 0 Å². The van der Waals surface area contributed by atoms with Crippen LogP contribution in [0.3, 0.4) is 0 Å². The maximum absolute atomic E-state index is 11.9. The minimum Gasteiger partial charge on any atom is -0.481 e. The van der Waals surface area contributed by atoms with E-state index in [0.29, 0.717) is 18.0 Å². The van der Waals surface area contributed by atoms with Crippen LogP contribution < -0.4 is 0 Å². The lowest BCUT2D eigenvalue weighted by Crippen LogP contribution is -2.58. The number of nitrogens with zero attached hydrogens (tertiary/aromatic N) is 2. The molecule has 0 aromatic carbocycles. The van der Waals surface area contributed by atoms with Gasteiger partial charge in [-0.1, -0.05) is 19.8 Å². The first-order valence-electron chi connectivity index (χ1n) is 8.02. The molecule has 0 aromatic heterocycles. The Morgan fingerprint density at radius 2 is 1.85 bits per heavy atom. The van der Waals surface area contributed by atoms with Gasteiger partial charge < -0.3 is 5.11 Å². The highest BCUT2D eigenvalue weighted by Gasteiger charge is 2.44. The molecule has 1 saturated carbocycles. The van der Waals surface area contributed by atoms with Gasteiger partial charge in [-0.3, -0.25) is 14.6 Å². The van der Waals surface area contributed by atoms with E-state index in [9.17, 15) is 9.90 Å². The normalized spacial score (nSPS) is 40.7. The molecule has 2 rings (SSSR count). The predicted octanol–water partition coefficient (Wildman–Crippen LogP) is 2.29. The summed E-state index contributed by atoms with van der Waals surface area (Å²) in [7, 11) is 2.17. The van der Waals surface area contributed by atoms with Gasteiger partial charge in [0.1, 0.15) is 0 Å².